The Kier molecular flexibility index (Phi) is 4.62. The van der Waals surface area contributed by atoms with Crippen molar-refractivity contribution in [3.8, 4) is 0 Å². The molecule has 0 bridgehead atoms. The quantitative estimate of drug-likeness (QED) is 0.826. The van der Waals surface area contributed by atoms with Crippen molar-refractivity contribution < 1.29 is 4.79 Å². The average molecular weight is 286 g/mol. The number of nitrogens with two attached hydrogens (primary N) is 1. The highest BCUT2D eigenvalue weighted by Gasteiger charge is 2.12. The summed E-state index contributed by atoms with van der Waals surface area (Å²) in [6.45, 7) is 5.00. The van der Waals surface area contributed by atoms with E-state index in [1.165, 1.54) is 0 Å². The van der Waals surface area contributed by atoms with Crippen LogP contribution < -0.4 is 16.0 Å². The first kappa shape index (κ1) is 15.1. The largest absolute Gasteiger partial charge is 0.399 e. The number of benzene rings is 1. The highest BCUT2D eigenvalue weighted by molar-refractivity contribution is 5.95. The molecule has 0 aliphatic heterocycles. The summed E-state index contributed by atoms with van der Waals surface area (Å²) < 4.78 is 0. The molecule has 5 heteroatoms. The van der Waals surface area contributed by atoms with Gasteiger partial charge in [0.05, 0.1) is 12.1 Å². The van der Waals surface area contributed by atoms with E-state index in [1.807, 2.05) is 50.1 Å². The van der Waals surface area contributed by atoms with Crippen LogP contribution >= 0.6 is 0 Å². The van der Waals surface area contributed by atoms with Crippen molar-refractivity contribution in [2.24, 2.45) is 0 Å². The minimum atomic E-state index is 0.0193. The molecule has 0 spiro atoms. The molecule has 5 nitrogen and oxygen atoms in total. The lowest BCUT2D eigenvalue weighted by molar-refractivity contribution is -0.119. The lowest BCUT2D eigenvalue weighted by atomic mass is 10.1. The molecule has 0 aliphatic carbocycles. The molecule has 1 heterocycles. The van der Waals surface area contributed by atoms with Gasteiger partial charge in [-0.15, -0.1) is 0 Å². The topological polar surface area (TPSA) is 71.2 Å². The summed E-state index contributed by atoms with van der Waals surface area (Å²) in [6.07, 6.45) is 0.934. The summed E-state index contributed by atoms with van der Waals surface area (Å²) in [6, 6.07) is 7.63. The maximum absolute atomic E-state index is 11.9. The second-order valence-corrected chi connectivity index (χ2v) is 5.27. The van der Waals surface area contributed by atoms with Gasteiger partial charge in [0, 0.05) is 36.0 Å². The Hall–Kier alpha value is -2.30. The van der Waals surface area contributed by atoms with E-state index in [1.54, 1.807) is 0 Å². The number of amides is 1. The molecule has 0 saturated heterocycles. The number of aryl methyl sites for hydroxylation is 1. The van der Waals surface area contributed by atoms with E-state index in [9.17, 15) is 4.79 Å². The molecule has 0 fully saturated rings. The third-order valence-electron chi connectivity index (χ3n) is 3.30. The summed E-state index contributed by atoms with van der Waals surface area (Å²) in [5.41, 5.74) is 9.34. The van der Waals surface area contributed by atoms with Crippen LogP contribution in [0, 0.1) is 6.92 Å². The fraction of sp³-hybridized carbons (Fsp3) is 0.375. The summed E-state index contributed by atoms with van der Waals surface area (Å²) in [7, 11) is 1.91. The highest BCUT2D eigenvalue weighted by Crippen LogP contribution is 2.27. The molecule has 2 rings (SSSR count). The number of anilines is 2. The van der Waals surface area contributed by atoms with Gasteiger partial charge in [0.2, 0.25) is 5.91 Å². The molecule has 21 heavy (non-hydrogen) atoms. The number of aromatic nitrogens is 1. The van der Waals surface area contributed by atoms with Gasteiger partial charge >= 0.3 is 0 Å². The molecule has 0 atom stereocenters. The second-order valence-electron chi connectivity index (χ2n) is 5.27. The fourth-order valence-corrected chi connectivity index (χ4v) is 2.29. The van der Waals surface area contributed by atoms with Crippen molar-refractivity contribution >= 4 is 28.2 Å². The van der Waals surface area contributed by atoms with Crippen LogP contribution in [0.1, 0.15) is 19.0 Å². The predicted octanol–water partition coefficient (Wildman–Crippen LogP) is 2.09. The van der Waals surface area contributed by atoms with Crippen molar-refractivity contribution in [2.45, 2.75) is 20.3 Å². The number of nitrogens with zero attached hydrogens (tertiary/aromatic N) is 2. The molecule has 1 amide bonds. The molecular weight excluding hydrogens is 264 g/mol. The average Bonchev–Trinajstić information content (AvgIpc) is 2.44. The summed E-state index contributed by atoms with van der Waals surface area (Å²) in [5.74, 6) is 0.0193. The normalized spacial score (nSPS) is 10.6. The summed E-state index contributed by atoms with van der Waals surface area (Å²) in [5, 5.41) is 3.85. The molecule has 1 aromatic heterocycles. The van der Waals surface area contributed by atoms with Crippen molar-refractivity contribution in [3.05, 3.63) is 30.0 Å². The number of nitrogen functional groups attached to an aromatic ring is 1. The number of pyridine rings is 1. The van der Waals surface area contributed by atoms with E-state index < -0.39 is 0 Å². The van der Waals surface area contributed by atoms with Crippen LogP contribution in [0.25, 0.3) is 10.9 Å². The lowest BCUT2D eigenvalue weighted by Gasteiger charge is -2.21. The van der Waals surface area contributed by atoms with E-state index in [-0.39, 0.29) is 5.91 Å². The fourth-order valence-electron chi connectivity index (χ4n) is 2.29. The van der Waals surface area contributed by atoms with E-state index in [4.69, 9.17) is 5.73 Å². The van der Waals surface area contributed by atoms with Crippen molar-refractivity contribution in [1.29, 1.82) is 0 Å². The van der Waals surface area contributed by atoms with E-state index in [0.29, 0.717) is 18.8 Å². The molecule has 1 aromatic carbocycles. The van der Waals surface area contributed by atoms with Gasteiger partial charge < -0.3 is 16.0 Å². The number of rotatable bonds is 5. The maximum Gasteiger partial charge on any atom is 0.239 e. The number of likely N-dealkylation sites (N-methyl/N-ethyl adjacent to an activating group) is 1. The first-order chi connectivity index (χ1) is 10.0. The Labute approximate surface area is 125 Å². The summed E-state index contributed by atoms with van der Waals surface area (Å²) in [4.78, 5) is 18.3. The first-order valence-corrected chi connectivity index (χ1v) is 7.16. The Bertz CT molecular complexity index is 654. The van der Waals surface area contributed by atoms with Crippen LogP contribution in [0.2, 0.25) is 0 Å². The van der Waals surface area contributed by atoms with Gasteiger partial charge in [0.1, 0.15) is 0 Å². The van der Waals surface area contributed by atoms with Gasteiger partial charge in [-0.2, -0.15) is 0 Å². The Morgan fingerprint density at radius 3 is 2.86 bits per heavy atom. The third kappa shape index (κ3) is 3.62. The molecular formula is C16H22N4O. The number of hydrogen-bond donors (Lipinski definition) is 2. The lowest BCUT2D eigenvalue weighted by Crippen LogP contribution is -2.35. The van der Waals surface area contributed by atoms with Crippen LogP contribution in [0.15, 0.2) is 24.3 Å². The summed E-state index contributed by atoms with van der Waals surface area (Å²) >= 11 is 0. The number of carbonyl (C=O) groups is 1. The van der Waals surface area contributed by atoms with Crippen molar-refractivity contribution in [3.63, 3.8) is 0 Å². The van der Waals surface area contributed by atoms with Gasteiger partial charge in [0.15, 0.2) is 0 Å². The van der Waals surface area contributed by atoms with Gasteiger partial charge in [-0.3, -0.25) is 9.78 Å². The Morgan fingerprint density at radius 1 is 1.38 bits per heavy atom. The van der Waals surface area contributed by atoms with Gasteiger partial charge in [-0.25, -0.2) is 0 Å². The van der Waals surface area contributed by atoms with E-state index >= 15 is 0 Å². The Morgan fingerprint density at radius 2 is 2.14 bits per heavy atom. The Balaban J connectivity index is 2.31. The number of hydrogen-bond acceptors (Lipinski definition) is 4. The van der Waals surface area contributed by atoms with Gasteiger partial charge in [-0.05, 0) is 37.6 Å². The van der Waals surface area contributed by atoms with Gasteiger partial charge in [-0.1, -0.05) is 6.92 Å². The molecule has 0 radical (unpaired) electrons. The highest BCUT2D eigenvalue weighted by atomic mass is 16.2. The standard InChI is InChI=1S/C16H22N4O/c1-4-7-18-16(21)10-20(3)15-8-11(2)19-14-6-5-12(17)9-13(14)15/h5-6,8-9H,4,7,10,17H2,1-3H3,(H,18,21). The molecule has 0 unspecified atom stereocenters. The molecule has 112 valence electrons. The first-order valence-electron chi connectivity index (χ1n) is 7.16. The monoisotopic (exact) mass is 286 g/mol. The van der Waals surface area contributed by atoms with Crippen LogP contribution in [-0.2, 0) is 4.79 Å². The van der Waals surface area contributed by atoms with Crippen molar-refractivity contribution in [1.82, 2.24) is 10.3 Å². The smallest absolute Gasteiger partial charge is 0.239 e. The predicted molar refractivity (Wildman–Crippen MR) is 87.5 cm³/mol. The SMILES string of the molecule is CCCNC(=O)CN(C)c1cc(C)nc2ccc(N)cc12. The zero-order valence-corrected chi connectivity index (χ0v) is 12.8. The zero-order valence-electron chi connectivity index (χ0n) is 12.8. The van der Waals surface area contributed by atoms with E-state index in [2.05, 4.69) is 10.3 Å². The molecule has 0 aliphatic rings. The molecule has 3 N–H and O–H groups in total. The van der Waals surface area contributed by atoms with Crippen LogP contribution in [0.5, 0.6) is 0 Å². The molecule has 0 saturated carbocycles. The third-order valence-corrected chi connectivity index (χ3v) is 3.30. The van der Waals surface area contributed by atoms with Crippen LogP contribution in [0.4, 0.5) is 11.4 Å². The second kappa shape index (κ2) is 6.43. The maximum atomic E-state index is 11.9. The minimum absolute atomic E-state index is 0.0193. The number of fused-ring (bicyclic) bond motifs is 1. The zero-order chi connectivity index (χ0) is 15.4. The molecule has 2 aromatic rings. The number of nitrogens with one attached hydrogen (secondary N) is 1. The van der Waals surface area contributed by atoms with Gasteiger partial charge in [0.25, 0.3) is 0 Å². The van der Waals surface area contributed by atoms with Crippen LogP contribution in [-0.4, -0.2) is 31.0 Å². The van der Waals surface area contributed by atoms with Crippen molar-refractivity contribution in [2.75, 3.05) is 30.8 Å². The van der Waals surface area contributed by atoms with Crippen LogP contribution in [0.3, 0.4) is 0 Å². The van der Waals surface area contributed by atoms with E-state index in [0.717, 1.165) is 28.7 Å². The minimum Gasteiger partial charge on any atom is -0.399 e. The number of carbonyl (C=O) groups excluding carboxylic acids is 1.